The van der Waals surface area contributed by atoms with E-state index in [0.717, 1.165) is 5.56 Å². The maximum Gasteiger partial charge on any atom is 0.408 e. The number of nitro groups is 1. The van der Waals surface area contributed by atoms with Gasteiger partial charge < -0.3 is 14.8 Å². The minimum Gasteiger partial charge on any atom is -0.459 e. The summed E-state index contributed by atoms with van der Waals surface area (Å²) in [6, 6.07) is 14.0. The zero-order valence-electron chi connectivity index (χ0n) is 16.6. The van der Waals surface area contributed by atoms with E-state index in [1.54, 1.807) is 20.8 Å². The van der Waals surface area contributed by atoms with Gasteiger partial charge in [-0.2, -0.15) is 0 Å². The lowest BCUT2D eigenvalue weighted by Crippen LogP contribution is -2.45. The number of hydrogen-bond acceptors (Lipinski definition) is 6. The van der Waals surface area contributed by atoms with Gasteiger partial charge in [0.25, 0.3) is 5.69 Å². The summed E-state index contributed by atoms with van der Waals surface area (Å²) in [7, 11) is 0. The number of hydrogen-bond donors (Lipinski definition) is 1. The van der Waals surface area contributed by atoms with Crippen LogP contribution in [0.4, 0.5) is 10.5 Å². The lowest BCUT2D eigenvalue weighted by Gasteiger charge is -2.23. The summed E-state index contributed by atoms with van der Waals surface area (Å²) in [6.45, 7) is 5.11. The van der Waals surface area contributed by atoms with Crippen molar-refractivity contribution in [3.8, 4) is 0 Å². The molecule has 0 aliphatic rings. The van der Waals surface area contributed by atoms with Crippen molar-refractivity contribution in [2.24, 2.45) is 0 Å². The largest absolute Gasteiger partial charge is 0.459 e. The molecule has 2 rings (SSSR count). The van der Waals surface area contributed by atoms with Crippen molar-refractivity contribution in [2.75, 3.05) is 0 Å². The number of amides is 1. The van der Waals surface area contributed by atoms with E-state index in [-0.39, 0.29) is 18.7 Å². The molecule has 154 valence electrons. The summed E-state index contributed by atoms with van der Waals surface area (Å²) in [4.78, 5) is 34.9. The second-order valence-electron chi connectivity index (χ2n) is 7.42. The molecule has 0 saturated carbocycles. The Morgan fingerprint density at radius 3 is 2.21 bits per heavy atom. The number of nitro benzene ring substituents is 1. The third kappa shape index (κ3) is 7.61. The van der Waals surface area contributed by atoms with Gasteiger partial charge in [0.2, 0.25) is 0 Å². The molecule has 0 heterocycles. The number of esters is 1. The van der Waals surface area contributed by atoms with Crippen LogP contribution in [0, 0.1) is 10.1 Å². The Morgan fingerprint density at radius 2 is 1.66 bits per heavy atom. The van der Waals surface area contributed by atoms with E-state index in [9.17, 15) is 19.7 Å². The minimum absolute atomic E-state index is 0.0476. The Labute approximate surface area is 169 Å². The first-order chi connectivity index (χ1) is 13.6. The Kier molecular flexibility index (Phi) is 7.30. The maximum absolute atomic E-state index is 12.6. The van der Waals surface area contributed by atoms with Gasteiger partial charge in [0.05, 0.1) is 4.92 Å². The van der Waals surface area contributed by atoms with Gasteiger partial charge in [0.1, 0.15) is 18.2 Å². The molecule has 0 aliphatic heterocycles. The lowest BCUT2D eigenvalue weighted by molar-refractivity contribution is -0.384. The fourth-order valence-electron chi connectivity index (χ4n) is 2.46. The zero-order valence-corrected chi connectivity index (χ0v) is 16.6. The van der Waals surface area contributed by atoms with E-state index in [1.807, 2.05) is 30.3 Å². The van der Waals surface area contributed by atoms with Crippen LogP contribution < -0.4 is 5.32 Å². The number of non-ortho nitro benzene ring substituents is 1. The normalized spacial score (nSPS) is 12.0. The van der Waals surface area contributed by atoms with Crippen molar-refractivity contribution >= 4 is 17.7 Å². The van der Waals surface area contributed by atoms with E-state index in [1.165, 1.54) is 24.3 Å². The Morgan fingerprint density at radius 1 is 1.03 bits per heavy atom. The molecule has 1 atom stereocenters. The van der Waals surface area contributed by atoms with Crippen LogP contribution in [0.15, 0.2) is 54.6 Å². The standard InChI is InChI=1S/C21H24N2O6/c1-21(2,3)29-20(25)22-18(13-15-7-5-4-6-8-15)19(24)28-14-16-9-11-17(12-10-16)23(26)27/h4-12,18H,13-14H2,1-3H3,(H,22,25)/t18-/m0/s1. The highest BCUT2D eigenvalue weighted by atomic mass is 16.6. The number of benzene rings is 2. The van der Waals surface area contributed by atoms with Crippen molar-refractivity contribution in [3.05, 3.63) is 75.8 Å². The molecule has 0 aromatic heterocycles. The number of carbonyl (C=O) groups excluding carboxylic acids is 2. The smallest absolute Gasteiger partial charge is 0.408 e. The third-order valence-electron chi connectivity index (χ3n) is 3.79. The third-order valence-corrected chi connectivity index (χ3v) is 3.79. The summed E-state index contributed by atoms with van der Waals surface area (Å²) in [5.41, 5.74) is 0.693. The number of nitrogens with one attached hydrogen (secondary N) is 1. The average Bonchev–Trinajstić information content (AvgIpc) is 2.65. The van der Waals surface area contributed by atoms with Gasteiger partial charge in [0.15, 0.2) is 0 Å². The molecule has 0 fully saturated rings. The monoisotopic (exact) mass is 400 g/mol. The van der Waals surface area contributed by atoms with Gasteiger partial charge in [-0.3, -0.25) is 10.1 Å². The van der Waals surface area contributed by atoms with Gasteiger partial charge >= 0.3 is 12.1 Å². The molecule has 1 N–H and O–H groups in total. The summed E-state index contributed by atoms with van der Waals surface area (Å²) in [5.74, 6) is -0.627. The number of carbonyl (C=O) groups is 2. The van der Waals surface area contributed by atoms with Crippen molar-refractivity contribution < 1.29 is 24.0 Å². The van der Waals surface area contributed by atoms with Gasteiger partial charge in [-0.25, -0.2) is 9.59 Å². The second kappa shape index (κ2) is 9.68. The van der Waals surface area contributed by atoms with Crippen LogP contribution in [-0.4, -0.2) is 28.6 Å². The first-order valence-electron chi connectivity index (χ1n) is 9.07. The molecule has 2 aromatic rings. The quantitative estimate of drug-likeness (QED) is 0.431. The van der Waals surface area contributed by atoms with Crippen LogP contribution in [0.3, 0.4) is 0 Å². The summed E-state index contributed by atoms with van der Waals surface area (Å²) in [5, 5.41) is 13.3. The first kappa shape index (κ1) is 21.9. The van der Waals surface area contributed by atoms with E-state index in [2.05, 4.69) is 5.32 Å². The van der Waals surface area contributed by atoms with E-state index < -0.39 is 28.6 Å². The number of ether oxygens (including phenoxy) is 2. The Bertz CT molecular complexity index is 844. The van der Waals surface area contributed by atoms with Gasteiger partial charge in [-0.15, -0.1) is 0 Å². The summed E-state index contributed by atoms with van der Waals surface area (Å²) < 4.78 is 10.5. The predicted molar refractivity (Wildman–Crippen MR) is 106 cm³/mol. The van der Waals surface area contributed by atoms with Gasteiger partial charge in [-0.05, 0) is 44.0 Å². The lowest BCUT2D eigenvalue weighted by atomic mass is 10.1. The van der Waals surface area contributed by atoms with Gasteiger partial charge in [-0.1, -0.05) is 30.3 Å². The number of alkyl carbamates (subject to hydrolysis) is 1. The van der Waals surface area contributed by atoms with Crippen LogP contribution in [0.1, 0.15) is 31.9 Å². The van der Waals surface area contributed by atoms with E-state index >= 15 is 0 Å². The van der Waals surface area contributed by atoms with Crippen molar-refractivity contribution in [1.82, 2.24) is 5.32 Å². The molecule has 2 aromatic carbocycles. The fraction of sp³-hybridized carbons (Fsp3) is 0.333. The zero-order chi connectivity index (χ0) is 21.4. The van der Waals surface area contributed by atoms with Crippen LogP contribution in [-0.2, 0) is 27.3 Å². The number of nitrogens with zero attached hydrogens (tertiary/aromatic N) is 1. The van der Waals surface area contributed by atoms with Crippen molar-refractivity contribution in [2.45, 2.75) is 45.4 Å². The fourth-order valence-corrected chi connectivity index (χ4v) is 2.46. The van der Waals surface area contributed by atoms with Crippen molar-refractivity contribution in [1.29, 1.82) is 0 Å². The molecule has 0 unspecified atom stereocenters. The first-order valence-corrected chi connectivity index (χ1v) is 9.07. The topological polar surface area (TPSA) is 108 Å². The SMILES string of the molecule is CC(C)(C)OC(=O)N[C@@H](Cc1ccccc1)C(=O)OCc1ccc([N+](=O)[O-])cc1. The molecular formula is C21H24N2O6. The van der Waals surface area contributed by atoms with Crippen LogP contribution in [0.25, 0.3) is 0 Å². The Hall–Kier alpha value is -3.42. The molecule has 1 amide bonds. The molecule has 0 saturated heterocycles. The summed E-state index contributed by atoms with van der Waals surface area (Å²) in [6.07, 6.45) is -0.482. The predicted octanol–water partition coefficient (Wildman–Crippen LogP) is 3.77. The highest BCUT2D eigenvalue weighted by molar-refractivity contribution is 5.81. The molecule has 0 spiro atoms. The number of rotatable bonds is 7. The molecular weight excluding hydrogens is 376 g/mol. The Balaban J connectivity index is 2.04. The molecule has 0 aliphatic carbocycles. The molecule has 8 heteroatoms. The van der Waals surface area contributed by atoms with Crippen LogP contribution in [0.5, 0.6) is 0 Å². The average molecular weight is 400 g/mol. The highest BCUT2D eigenvalue weighted by Crippen LogP contribution is 2.14. The van der Waals surface area contributed by atoms with E-state index in [4.69, 9.17) is 9.47 Å². The maximum atomic E-state index is 12.6. The minimum atomic E-state index is -0.940. The van der Waals surface area contributed by atoms with Crippen LogP contribution in [0.2, 0.25) is 0 Å². The second-order valence-corrected chi connectivity index (χ2v) is 7.42. The molecule has 0 bridgehead atoms. The van der Waals surface area contributed by atoms with Gasteiger partial charge in [0, 0.05) is 18.6 Å². The highest BCUT2D eigenvalue weighted by Gasteiger charge is 2.26. The molecule has 8 nitrogen and oxygen atoms in total. The summed E-state index contributed by atoms with van der Waals surface area (Å²) >= 11 is 0. The van der Waals surface area contributed by atoms with E-state index in [0.29, 0.717) is 5.56 Å². The molecule has 29 heavy (non-hydrogen) atoms. The van der Waals surface area contributed by atoms with Crippen LogP contribution >= 0.6 is 0 Å². The molecule has 0 radical (unpaired) electrons. The van der Waals surface area contributed by atoms with Crippen molar-refractivity contribution in [3.63, 3.8) is 0 Å².